The van der Waals surface area contributed by atoms with E-state index in [0.717, 1.165) is 38.4 Å². The largest absolute Gasteiger partial charge is 0.489 e. The van der Waals surface area contributed by atoms with E-state index in [1.54, 1.807) is 0 Å². The summed E-state index contributed by atoms with van der Waals surface area (Å²) in [5.41, 5.74) is 1.96. The molecule has 0 aliphatic heterocycles. The summed E-state index contributed by atoms with van der Waals surface area (Å²) in [5.74, 6) is 1.25. The molecule has 29 heavy (non-hydrogen) atoms. The molecule has 0 bridgehead atoms. The van der Waals surface area contributed by atoms with Crippen LogP contribution in [0.4, 0.5) is 0 Å². The Hall–Kier alpha value is -2.37. The van der Waals surface area contributed by atoms with Gasteiger partial charge in [-0.2, -0.15) is 0 Å². The Morgan fingerprint density at radius 2 is 1.59 bits per heavy atom. The van der Waals surface area contributed by atoms with Crippen LogP contribution < -0.4 is 4.74 Å². The molecule has 5 nitrogen and oxygen atoms in total. The van der Waals surface area contributed by atoms with Crippen molar-refractivity contribution in [2.75, 3.05) is 14.2 Å². The van der Waals surface area contributed by atoms with Crippen molar-refractivity contribution in [1.82, 2.24) is 0 Å². The van der Waals surface area contributed by atoms with Crippen LogP contribution in [0.3, 0.4) is 0 Å². The number of carbonyl (C=O) groups is 1. The highest BCUT2D eigenvalue weighted by atomic mass is 16.6. The first-order valence-electron chi connectivity index (χ1n) is 9.79. The zero-order chi connectivity index (χ0) is 21.9. The molecule has 1 aliphatic carbocycles. The van der Waals surface area contributed by atoms with Gasteiger partial charge in [-0.05, 0) is 62.8 Å². The van der Waals surface area contributed by atoms with Crippen LogP contribution in [-0.2, 0) is 22.6 Å². The van der Waals surface area contributed by atoms with Gasteiger partial charge in [-0.1, -0.05) is 42.5 Å². The minimum absolute atomic E-state index is 0.0492. The Bertz CT molecular complexity index is 722. The van der Waals surface area contributed by atoms with Gasteiger partial charge in [0.15, 0.2) is 0 Å². The van der Waals surface area contributed by atoms with Crippen LogP contribution in [0.1, 0.15) is 38.3 Å². The number of hydrogen-bond acceptors (Lipinski definition) is 5. The van der Waals surface area contributed by atoms with Gasteiger partial charge >= 0.3 is 5.97 Å². The topological polar surface area (TPSA) is 76.0 Å². The lowest BCUT2D eigenvalue weighted by molar-refractivity contribution is -0.156. The zero-order valence-corrected chi connectivity index (χ0v) is 18.1. The summed E-state index contributed by atoms with van der Waals surface area (Å²) in [4.78, 5) is 12.1. The van der Waals surface area contributed by atoms with Crippen LogP contribution in [0.15, 0.2) is 54.6 Å². The lowest BCUT2D eigenvalue weighted by Gasteiger charge is -2.19. The molecule has 1 aliphatic rings. The van der Waals surface area contributed by atoms with E-state index in [-0.39, 0.29) is 11.9 Å². The van der Waals surface area contributed by atoms with E-state index in [4.69, 9.17) is 19.7 Å². The van der Waals surface area contributed by atoms with Gasteiger partial charge in [0.1, 0.15) is 18.0 Å². The predicted octanol–water partition coefficient (Wildman–Crippen LogP) is 4.00. The third-order valence-corrected chi connectivity index (χ3v) is 4.28. The first-order chi connectivity index (χ1) is 13.9. The van der Waals surface area contributed by atoms with E-state index in [1.165, 1.54) is 5.56 Å². The van der Waals surface area contributed by atoms with Crippen molar-refractivity contribution in [1.29, 1.82) is 0 Å². The summed E-state index contributed by atoms with van der Waals surface area (Å²) in [6, 6.07) is 18.3. The molecule has 3 rings (SSSR count). The highest BCUT2D eigenvalue weighted by molar-refractivity contribution is 5.76. The van der Waals surface area contributed by atoms with Crippen LogP contribution in [-0.4, -0.2) is 36.0 Å². The van der Waals surface area contributed by atoms with E-state index >= 15 is 0 Å². The fourth-order valence-corrected chi connectivity index (χ4v) is 2.95. The maximum atomic E-state index is 12.1. The molecule has 2 N–H and O–H groups in total. The van der Waals surface area contributed by atoms with E-state index in [2.05, 4.69) is 24.3 Å². The first-order valence-corrected chi connectivity index (χ1v) is 9.79. The molecule has 2 unspecified atom stereocenters. The van der Waals surface area contributed by atoms with Crippen LogP contribution in [0.25, 0.3) is 0 Å². The first kappa shape index (κ1) is 24.7. The average Bonchev–Trinajstić information content (AvgIpc) is 3.49. The SMILES string of the molecule is CC(C)(C)OC(=O)C1CC1Cc1cccc(OCc2ccccc2)c1.CO.CO. The smallest absolute Gasteiger partial charge is 0.309 e. The minimum atomic E-state index is -0.407. The van der Waals surface area contributed by atoms with Gasteiger partial charge in [0.2, 0.25) is 0 Å². The normalized spacial score (nSPS) is 17.1. The molecule has 1 fully saturated rings. The van der Waals surface area contributed by atoms with Crippen molar-refractivity contribution in [2.24, 2.45) is 11.8 Å². The molecule has 0 aromatic heterocycles. The molecule has 2 atom stereocenters. The molecule has 0 amide bonds. The van der Waals surface area contributed by atoms with Crippen LogP contribution in [0, 0.1) is 11.8 Å². The number of benzene rings is 2. The lowest BCUT2D eigenvalue weighted by atomic mass is 10.1. The Morgan fingerprint density at radius 1 is 0.966 bits per heavy atom. The summed E-state index contributed by atoms with van der Waals surface area (Å²) in [6.45, 7) is 6.30. The number of aliphatic hydroxyl groups is 2. The number of ether oxygens (including phenoxy) is 2. The van der Waals surface area contributed by atoms with E-state index in [0.29, 0.717) is 12.5 Å². The number of aliphatic hydroxyl groups excluding tert-OH is 2. The monoisotopic (exact) mass is 402 g/mol. The van der Waals surface area contributed by atoms with Gasteiger partial charge < -0.3 is 19.7 Å². The van der Waals surface area contributed by atoms with Crippen molar-refractivity contribution >= 4 is 5.97 Å². The fourth-order valence-electron chi connectivity index (χ4n) is 2.95. The van der Waals surface area contributed by atoms with Crippen molar-refractivity contribution in [3.63, 3.8) is 0 Å². The molecule has 160 valence electrons. The molecule has 2 aromatic rings. The highest BCUT2D eigenvalue weighted by Gasteiger charge is 2.45. The Balaban J connectivity index is 0.000000989. The van der Waals surface area contributed by atoms with E-state index < -0.39 is 5.60 Å². The minimum Gasteiger partial charge on any atom is -0.489 e. The molecule has 0 saturated heterocycles. The van der Waals surface area contributed by atoms with Gasteiger partial charge in [0.25, 0.3) is 0 Å². The second-order valence-corrected chi connectivity index (χ2v) is 7.76. The lowest BCUT2D eigenvalue weighted by Crippen LogP contribution is -2.25. The summed E-state index contributed by atoms with van der Waals surface area (Å²) in [5, 5.41) is 14.0. The molecular weight excluding hydrogens is 368 g/mol. The van der Waals surface area contributed by atoms with Crippen molar-refractivity contribution in [3.05, 3.63) is 65.7 Å². The van der Waals surface area contributed by atoms with Crippen LogP contribution >= 0.6 is 0 Å². The number of esters is 1. The van der Waals surface area contributed by atoms with Gasteiger partial charge in [-0.15, -0.1) is 0 Å². The summed E-state index contributed by atoms with van der Waals surface area (Å²) >= 11 is 0. The van der Waals surface area contributed by atoms with Gasteiger partial charge in [-0.3, -0.25) is 4.79 Å². The van der Waals surface area contributed by atoms with Crippen molar-refractivity contribution in [2.45, 2.75) is 45.8 Å². The molecule has 2 aromatic carbocycles. The van der Waals surface area contributed by atoms with Gasteiger partial charge in [-0.25, -0.2) is 0 Å². The number of carbonyl (C=O) groups excluding carboxylic acids is 1. The number of rotatable bonds is 6. The van der Waals surface area contributed by atoms with Crippen molar-refractivity contribution in [3.8, 4) is 5.75 Å². The fraction of sp³-hybridized carbons (Fsp3) is 0.458. The highest BCUT2D eigenvalue weighted by Crippen LogP contribution is 2.43. The summed E-state index contributed by atoms with van der Waals surface area (Å²) in [7, 11) is 2.00. The zero-order valence-electron chi connectivity index (χ0n) is 18.1. The second kappa shape index (κ2) is 12.2. The predicted molar refractivity (Wildman–Crippen MR) is 115 cm³/mol. The molecule has 1 saturated carbocycles. The molecule has 0 radical (unpaired) electrons. The molecule has 5 heteroatoms. The third-order valence-electron chi connectivity index (χ3n) is 4.28. The van der Waals surface area contributed by atoms with E-state index in [1.807, 2.05) is 51.1 Å². The molecule has 0 spiro atoms. The van der Waals surface area contributed by atoms with E-state index in [9.17, 15) is 4.79 Å². The van der Waals surface area contributed by atoms with Crippen LogP contribution in [0.2, 0.25) is 0 Å². The number of hydrogen-bond donors (Lipinski definition) is 2. The quantitative estimate of drug-likeness (QED) is 0.714. The van der Waals surface area contributed by atoms with Crippen LogP contribution in [0.5, 0.6) is 5.75 Å². The summed E-state index contributed by atoms with van der Waals surface area (Å²) in [6.07, 6.45) is 1.82. The average molecular weight is 403 g/mol. The second-order valence-electron chi connectivity index (χ2n) is 7.76. The molecular formula is C24H34O5. The third kappa shape index (κ3) is 9.11. The Morgan fingerprint density at radius 3 is 2.21 bits per heavy atom. The Kier molecular flexibility index (Phi) is 10.4. The molecule has 0 heterocycles. The van der Waals surface area contributed by atoms with Gasteiger partial charge in [0, 0.05) is 14.2 Å². The maximum Gasteiger partial charge on any atom is 0.309 e. The van der Waals surface area contributed by atoms with Gasteiger partial charge in [0.05, 0.1) is 5.92 Å². The maximum absolute atomic E-state index is 12.1. The summed E-state index contributed by atoms with van der Waals surface area (Å²) < 4.78 is 11.4. The van der Waals surface area contributed by atoms with Crippen molar-refractivity contribution < 1.29 is 24.5 Å². The standard InChI is InChI=1S/C22H26O3.2CH4O/c1-22(2,3)25-21(23)20-14-18(20)12-17-10-7-11-19(13-17)24-15-16-8-5-4-6-9-16;2*1-2/h4-11,13,18,20H,12,14-15H2,1-3H3;2*2H,1H3. The Labute approximate surface area is 174 Å².